The van der Waals surface area contributed by atoms with Crippen molar-refractivity contribution in [3.05, 3.63) is 28.8 Å². The number of ether oxygens (including phenoxy) is 2. The molecule has 0 spiro atoms. The van der Waals surface area contributed by atoms with E-state index in [0.717, 1.165) is 12.0 Å². The van der Waals surface area contributed by atoms with E-state index in [1.165, 1.54) is 0 Å². The number of benzene rings is 1. The second kappa shape index (κ2) is 9.60. The van der Waals surface area contributed by atoms with Crippen LogP contribution in [0.1, 0.15) is 18.9 Å². The second-order valence-electron chi connectivity index (χ2n) is 4.73. The molecule has 1 unspecified atom stereocenters. The minimum absolute atomic E-state index is 0.0429. The molecule has 21 heavy (non-hydrogen) atoms. The summed E-state index contributed by atoms with van der Waals surface area (Å²) in [6, 6.07) is 5.55. The highest BCUT2D eigenvalue weighted by Crippen LogP contribution is 2.29. The van der Waals surface area contributed by atoms with Gasteiger partial charge in [0.1, 0.15) is 5.75 Å². The second-order valence-corrected chi connectivity index (χ2v) is 5.14. The molecule has 1 rings (SSSR count). The molecule has 0 saturated heterocycles. The number of amides is 1. The van der Waals surface area contributed by atoms with E-state index in [4.69, 9.17) is 26.8 Å². The molecule has 0 radical (unpaired) electrons. The van der Waals surface area contributed by atoms with Crippen LogP contribution in [-0.2, 0) is 16.0 Å². The fourth-order valence-corrected chi connectivity index (χ4v) is 2.03. The molecule has 5 nitrogen and oxygen atoms in total. The largest absolute Gasteiger partial charge is 0.482 e. The van der Waals surface area contributed by atoms with Gasteiger partial charge in [-0.25, -0.2) is 0 Å². The number of rotatable bonds is 9. The van der Waals surface area contributed by atoms with Crippen molar-refractivity contribution in [2.45, 2.75) is 25.8 Å². The van der Waals surface area contributed by atoms with Crippen LogP contribution >= 0.6 is 11.6 Å². The molecule has 0 aromatic heterocycles. The maximum Gasteiger partial charge on any atom is 0.258 e. The summed E-state index contributed by atoms with van der Waals surface area (Å²) in [6.07, 6.45) is 1.53. The van der Waals surface area contributed by atoms with Gasteiger partial charge >= 0.3 is 0 Å². The van der Waals surface area contributed by atoms with Gasteiger partial charge in [0, 0.05) is 19.7 Å². The minimum Gasteiger partial charge on any atom is -0.482 e. The third-order valence-electron chi connectivity index (χ3n) is 3.03. The van der Waals surface area contributed by atoms with Gasteiger partial charge in [-0.15, -0.1) is 0 Å². The van der Waals surface area contributed by atoms with Crippen LogP contribution in [-0.4, -0.2) is 38.8 Å². The normalized spacial score (nSPS) is 12.0. The Morgan fingerprint density at radius 3 is 2.90 bits per heavy atom. The number of para-hydroxylation sites is 1. The number of hydrogen-bond acceptors (Lipinski definition) is 4. The zero-order valence-corrected chi connectivity index (χ0v) is 13.3. The maximum atomic E-state index is 11.6. The van der Waals surface area contributed by atoms with Gasteiger partial charge in [0.15, 0.2) is 6.61 Å². The Morgan fingerprint density at radius 2 is 2.24 bits per heavy atom. The van der Waals surface area contributed by atoms with E-state index >= 15 is 0 Å². The highest BCUT2D eigenvalue weighted by molar-refractivity contribution is 6.32. The molecule has 1 aromatic carbocycles. The SMILES string of the molecule is CCC(N)Cc1cccc(Cl)c1OCC(=O)NCCOC. The Labute approximate surface area is 130 Å². The third-order valence-corrected chi connectivity index (χ3v) is 3.33. The fourth-order valence-electron chi connectivity index (χ4n) is 1.78. The van der Waals surface area contributed by atoms with Crippen molar-refractivity contribution in [2.24, 2.45) is 5.73 Å². The van der Waals surface area contributed by atoms with Crippen LogP contribution in [0.2, 0.25) is 5.02 Å². The molecular formula is C15H23ClN2O3. The van der Waals surface area contributed by atoms with E-state index in [-0.39, 0.29) is 18.6 Å². The van der Waals surface area contributed by atoms with E-state index in [2.05, 4.69) is 5.32 Å². The molecule has 0 fully saturated rings. The van der Waals surface area contributed by atoms with Crippen molar-refractivity contribution >= 4 is 17.5 Å². The number of carbonyl (C=O) groups excluding carboxylic acids is 1. The Bertz CT molecular complexity index is 455. The van der Waals surface area contributed by atoms with Crippen molar-refractivity contribution in [2.75, 3.05) is 26.9 Å². The van der Waals surface area contributed by atoms with E-state index < -0.39 is 0 Å². The topological polar surface area (TPSA) is 73.6 Å². The lowest BCUT2D eigenvalue weighted by molar-refractivity contribution is -0.123. The Morgan fingerprint density at radius 1 is 1.48 bits per heavy atom. The number of nitrogens with two attached hydrogens (primary N) is 1. The molecule has 1 amide bonds. The van der Waals surface area contributed by atoms with E-state index in [1.807, 2.05) is 19.1 Å². The molecule has 118 valence electrons. The van der Waals surface area contributed by atoms with E-state index in [1.54, 1.807) is 13.2 Å². The molecule has 0 bridgehead atoms. The average molecular weight is 315 g/mol. The number of hydrogen-bond donors (Lipinski definition) is 2. The maximum absolute atomic E-state index is 11.6. The standard InChI is InChI=1S/C15H23ClN2O3/c1-3-12(17)9-11-5-4-6-13(16)15(11)21-10-14(19)18-7-8-20-2/h4-6,12H,3,7-10,17H2,1-2H3,(H,18,19). The Hall–Kier alpha value is -1.30. The molecule has 1 atom stereocenters. The average Bonchev–Trinajstić information content (AvgIpc) is 2.46. The minimum atomic E-state index is -0.210. The van der Waals surface area contributed by atoms with Crippen molar-refractivity contribution in [1.82, 2.24) is 5.32 Å². The molecule has 0 aliphatic rings. The van der Waals surface area contributed by atoms with Gasteiger partial charge < -0.3 is 20.5 Å². The first kappa shape index (κ1) is 17.8. The molecule has 0 saturated carbocycles. The lowest BCUT2D eigenvalue weighted by Crippen LogP contribution is -2.31. The highest BCUT2D eigenvalue weighted by Gasteiger charge is 2.13. The first-order valence-corrected chi connectivity index (χ1v) is 7.37. The van der Waals surface area contributed by atoms with Crippen LogP contribution in [0.25, 0.3) is 0 Å². The van der Waals surface area contributed by atoms with Crippen molar-refractivity contribution in [3.63, 3.8) is 0 Å². The summed E-state index contributed by atoms with van der Waals surface area (Å²) in [6.45, 7) is 2.87. The van der Waals surface area contributed by atoms with Gasteiger partial charge in [0.05, 0.1) is 11.6 Å². The summed E-state index contributed by atoms with van der Waals surface area (Å²) < 4.78 is 10.4. The smallest absolute Gasteiger partial charge is 0.258 e. The van der Waals surface area contributed by atoms with Crippen molar-refractivity contribution < 1.29 is 14.3 Å². The molecular weight excluding hydrogens is 292 g/mol. The molecule has 6 heteroatoms. The molecule has 0 heterocycles. The van der Waals surface area contributed by atoms with Gasteiger partial charge in [-0.1, -0.05) is 30.7 Å². The monoisotopic (exact) mass is 314 g/mol. The summed E-state index contributed by atoms with van der Waals surface area (Å²) in [5, 5.41) is 3.17. The van der Waals surface area contributed by atoms with Crippen molar-refractivity contribution in [3.8, 4) is 5.75 Å². The first-order valence-electron chi connectivity index (χ1n) is 6.99. The van der Waals surface area contributed by atoms with Crippen LogP contribution in [0.5, 0.6) is 5.75 Å². The quantitative estimate of drug-likeness (QED) is 0.681. The predicted octanol–water partition coefficient (Wildman–Crippen LogP) is 1.76. The molecule has 3 N–H and O–H groups in total. The first-order chi connectivity index (χ1) is 10.1. The van der Waals surface area contributed by atoms with Crippen LogP contribution in [0.4, 0.5) is 0 Å². The van der Waals surface area contributed by atoms with E-state index in [9.17, 15) is 4.79 Å². The van der Waals surface area contributed by atoms with Crippen LogP contribution in [0.3, 0.4) is 0 Å². The summed E-state index contributed by atoms with van der Waals surface area (Å²) in [7, 11) is 1.58. The summed E-state index contributed by atoms with van der Waals surface area (Å²) in [5.74, 6) is 0.322. The Balaban J connectivity index is 2.62. The number of methoxy groups -OCH3 is 1. The van der Waals surface area contributed by atoms with E-state index in [0.29, 0.717) is 30.3 Å². The molecule has 0 aliphatic heterocycles. The van der Waals surface area contributed by atoms with Gasteiger partial charge in [-0.05, 0) is 24.5 Å². The lowest BCUT2D eigenvalue weighted by atomic mass is 10.0. The molecule has 0 aliphatic carbocycles. The third kappa shape index (κ3) is 6.33. The zero-order valence-electron chi connectivity index (χ0n) is 12.5. The molecule has 1 aromatic rings. The summed E-state index contributed by atoms with van der Waals surface area (Å²) in [5.41, 5.74) is 6.89. The fraction of sp³-hybridized carbons (Fsp3) is 0.533. The van der Waals surface area contributed by atoms with Crippen LogP contribution in [0.15, 0.2) is 18.2 Å². The lowest BCUT2D eigenvalue weighted by Gasteiger charge is -2.15. The van der Waals surface area contributed by atoms with Gasteiger partial charge in [0.2, 0.25) is 0 Å². The van der Waals surface area contributed by atoms with Gasteiger partial charge in [0.25, 0.3) is 5.91 Å². The van der Waals surface area contributed by atoms with Gasteiger partial charge in [-0.2, -0.15) is 0 Å². The predicted molar refractivity (Wildman–Crippen MR) is 83.8 cm³/mol. The summed E-state index contributed by atoms with van der Waals surface area (Å²) in [4.78, 5) is 11.6. The number of carbonyl (C=O) groups is 1. The Kier molecular flexibility index (Phi) is 8.12. The highest BCUT2D eigenvalue weighted by atomic mass is 35.5. The van der Waals surface area contributed by atoms with Crippen LogP contribution < -0.4 is 15.8 Å². The number of halogens is 1. The number of nitrogens with one attached hydrogen (secondary N) is 1. The van der Waals surface area contributed by atoms with Crippen molar-refractivity contribution in [1.29, 1.82) is 0 Å². The summed E-state index contributed by atoms with van der Waals surface area (Å²) >= 11 is 6.15. The van der Waals surface area contributed by atoms with Gasteiger partial charge in [-0.3, -0.25) is 4.79 Å². The van der Waals surface area contributed by atoms with Crippen LogP contribution in [0, 0.1) is 0 Å². The zero-order chi connectivity index (χ0) is 15.7.